The maximum absolute atomic E-state index is 12.8. The molecular weight excluding hydrogens is 366 g/mol. The van der Waals surface area contributed by atoms with Crippen LogP contribution in [0.5, 0.6) is 0 Å². The molecule has 0 aliphatic carbocycles. The maximum atomic E-state index is 12.8. The Morgan fingerprint density at radius 2 is 1.96 bits per heavy atom. The van der Waals surface area contributed by atoms with Crippen molar-refractivity contribution in [3.8, 4) is 0 Å². The molecule has 0 fully saturated rings. The molecule has 0 aliphatic rings. The fraction of sp³-hybridized carbons (Fsp3) is 0.174. The van der Waals surface area contributed by atoms with Crippen molar-refractivity contribution < 1.29 is 4.79 Å². The van der Waals surface area contributed by atoms with Crippen molar-refractivity contribution in [3.05, 3.63) is 88.2 Å². The van der Waals surface area contributed by atoms with E-state index in [0.29, 0.717) is 12.1 Å². The van der Waals surface area contributed by atoms with Crippen molar-refractivity contribution in [3.63, 3.8) is 0 Å². The Morgan fingerprint density at radius 1 is 1.11 bits per heavy atom. The third-order valence-corrected chi connectivity index (χ3v) is 5.96. The summed E-state index contributed by atoms with van der Waals surface area (Å²) in [6, 6.07) is 20.2. The van der Waals surface area contributed by atoms with E-state index in [1.54, 1.807) is 11.3 Å². The van der Waals surface area contributed by atoms with Crippen molar-refractivity contribution >= 4 is 33.8 Å². The second-order valence-electron chi connectivity index (χ2n) is 7.01. The SMILES string of the molecule is CN(C)c1cccc(C(=O)NC[C@@H](c2cccs2)c2c[nH]c3ccccc23)c1. The zero-order chi connectivity index (χ0) is 19.5. The number of H-pyrrole nitrogens is 1. The first-order chi connectivity index (χ1) is 13.6. The van der Waals surface area contributed by atoms with Crippen LogP contribution in [0.1, 0.15) is 26.7 Å². The van der Waals surface area contributed by atoms with Crippen LogP contribution in [-0.4, -0.2) is 31.5 Å². The number of nitrogens with zero attached hydrogens (tertiary/aromatic N) is 1. The Labute approximate surface area is 168 Å². The molecule has 4 aromatic rings. The second kappa shape index (κ2) is 7.90. The molecule has 1 atom stereocenters. The Balaban J connectivity index is 1.59. The number of rotatable bonds is 6. The second-order valence-corrected chi connectivity index (χ2v) is 7.99. The first kappa shape index (κ1) is 18.3. The van der Waals surface area contributed by atoms with Crippen LogP contribution in [0, 0.1) is 0 Å². The lowest BCUT2D eigenvalue weighted by atomic mass is 9.96. The van der Waals surface area contributed by atoms with E-state index in [-0.39, 0.29) is 11.8 Å². The molecule has 2 N–H and O–H groups in total. The van der Waals surface area contributed by atoms with Gasteiger partial charge in [0.25, 0.3) is 5.91 Å². The summed E-state index contributed by atoms with van der Waals surface area (Å²) in [5.74, 6) is 0.0576. The van der Waals surface area contributed by atoms with Gasteiger partial charge in [0.1, 0.15) is 0 Å². The molecule has 28 heavy (non-hydrogen) atoms. The largest absolute Gasteiger partial charge is 0.378 e. The van der Waals surface area contributed by atoms with Gasteiger partial charge < -0.3 is 15.2 Å². The predicted octanol–water partition coefficient (Wildman–Crippen LogP) is 4.86. The third-order valence-electron chi connectivity index (χ3n) is 4.97. The van der Waals surface area contributed by atoms with Gasteiger partial charge in [-0.15, -0.1) is 11.3 Å². The van der Waals surface area contributed by atoms with E-state index in [1.165, 1.54) is 15.8 Å². The summed E-state index contributed by atoms with van der Waals surface area (Å²) in [4.78, 5) is 19.4. The normalized spacial score (nSPS) is 12.1. The Bertz CT molecular complexity index is 1080. The van der Waals surface area contributed by atoms with Crippen LogP contribution in [-0.2, 0) is 0 Å². The third kappa shape index (κ3) is 3.66. The first-order valence-corrected chi connectivity index (χ1v) is 10.2. The fourth-order valence-electron chi connectivity index (χ4n) is 3.46. The van der Waals surface area contributed by atoms with Gasteiger partial charge in [0.15, 0.2) is 0 Å². The zero-order valence-corrected chi connectivity index (χ0v) is 16.8. The highest BCUT2D eigenvalue weighted by Crippen LogP contribution is 2.32. The molecule has 0 unspecified atom stereocenters. The molecule has 142 valence electrons. The van der Waals surface area contributed by atoms with Crippen LogP contribution in [0.4, 0.5) is 5.69 Å². The highest BCUT2D eigenvalue weighted by atomic mass is 32.1. The molecule has 0 bridgehead atoms. The van der Waals surface area contributed by atoms with Crippen LogP contribution >= 0.6 is 11.3 Å². The highest BCUT2D eigenvalue weighted by Gasteiger charge is 2.20. The molecule has 0 saturated heterocycles. The summed E-state index contributed by atoms with van der Waals surface area (Å²) in [6.07, 6.45) is 2.06. The quantitative estimate of drug-likeness (QED) is 0.495. The summed E-state index contributed by atoms with van der Waals surface area (Å²) in [5, 5.41) is 6.42. The molecule has 2 heterocycles. The molecule has 0 spiro atoms. The summed E-state index contributed by atoms with van der Waals surface area (Å²) in [5.41, 5.74) is 4.01. The first-order valence-electron chi connectivity index (χ1n) is 9.28. The average molecular weight is 390 g/mol. The number of aromatic nitrogens is 1. The van der Waals surface area contributed by atoms with Crippen molar-refractivity contribution in [2.75, 3.05) is 25.5 Å². The van der Waals surface area contributed by atoms with E-state index in [0.717, 1.165) is 11.2 Å². The minimum absolute atomic E-state index is 0.0508. The Morgan fingerprint density at radius 3 is 2.75 bits per heavy atom. The molecule has 2 aromatic heterocycles. The summed E-state index contributed by atoms with van der Waals surface area (Å²) < 4.78 is 0. The number of aromatic amines is 1. The van der Waals surface area contributed by atoms with Crippen molar-refractivity contribution in [2.45, 2.75) is 5.92 Å². The predicted molar refractivity (Wildman–Crippen MR) is 118 cm³/mol. The Hall–Kier alpha value is -3.05. The highest BCUT2D eigenvalue weighted by molar-refractivity contribution is 7.10. The van der Waals surface area contributed by atoms with Crippen LogP contribution in [0.15, 0.2) is 72.2 Å². The van der Waals surface area contributed by atoms with Crippen LogP contribution in [0.2, 0.25) is 0 Å². The smallest absolute Gasteiger partial charge is 0.251 e. The lowest BCUT2D eigenvalue weighted by molar-refractivity contribution is 0.0952. The molecule has 1 amide bonds. The van der Waals surface area contributed by atoms with Gasteiger partial charge in [0, 0.05) is 59.8 Å². The van der Waals surface area contributed by atoms with E-state index in [1.807, 2.05) is 49.3 Å². The van der Waals surface area contributed by atoms with Crippen LogP contribution in [0.25, 0.3) is 10.9 Å². The van der Waals surface area contributed by atoms with Crippen molar-refractivity contribution in [1.29, 1.82) is 0 Å². The summed E-state index contributed by atoms with van der Waals surface area (Å²) in [7, 11) is 3.95. The number of para-hydroxylation sites is 1. The molecule has 0 saturated carbocycles. The number of carbonyl (C=O) groups excluding carboxylic acids is 1. The molecule has 0 aliphatic heterocycles. The number of thiophene rings is 1. The lowest BCUT2D eigenvalue weighted by Crippen LogP contribution is -2.28. The standard InChI is InChI=1S/C23H23N3OS/c1-26(2)17-8-5-7-16(13-17)23(27)25-15-20(22-11-6-12-28-22)19-14-24-21-10-4-3-9-18(19)21/h3-14,20,24H,15H2,1-2H3,(H,25,27)/t20-/m1/s1. The van der Waals surface area contributed by atoms with E-state index in [4.69, 9.17) is 0 Å². The molecule has 4 nitrogen and oxygen atoms in total. The molecule has 4 rings (SSSR count). The minimum Gasteiger partial charge on any atom is -0.378 e. The average Bonchev–Trinajstić information content (AvgIpc) is 3.39. The fourth-order valence-corrected chi connectivity index (χ4v) is 4.30. The van der Waals surface area contributed by atoms with Gasteiger partial charge >= 0.3 is 0 Å². The number of amides is 1. The van der Waals surface area contributed by atoms with E-state index >= 15 is 0 Å². The Kier molecular flexibility index (Phi) is 5.17. The van der Waals surface area contributed by atoms with E-state index < -0.39 is 0 Å². The lowest BCUT2D eigenvalue weighted by Gasteiger charge is -2.17. The number of anilines is 1. The van der Waals surface area contributed by atoms with Gasteiger partial charge in [-0.25, -0.2) is 0 Å². The van der Waals surface area contributed by atoms with Crippen molar-refractivity contribution in [1.82, 2.24) is 10.3 Å². The number of carbonyl (C=O) groups is 1. The van der Waals surface area contributed by atoms with E-state index in [2.05, 4.69) is 52.2 Å². The van der Waals surface area contributed by atoms with Crippen LogP contribution in [0.3, 0.4) is 0 Å². The van der Waals surface area contributed by atoms with Gasteiger partial charge in [0.2, 0.25) is 0 Å². The van der Waals surface area contributed by atoms with Gasteiger partial charge in [-0.1, -0.05) is 30.3 Å². The number of hydrogen-bond acceptors (Lipinski definition) is 3. The zero-order valence-electron chi connectivity index (χ0n) is 16.0. The number of hydrogen-bond donors (Lipinski definition) is 2. The number of benzene rings is 2. The maximum Gasteiger partial charge on any atom is 0.251 e. The van der Waals surface area contributed by atoms with Gasteiger partial charge in [-0.2, -0.15) is 0 Å². The topological polar surface area (TPSA) is 48.1 Å². The summed E-state index contributed by atoms with van der Waals surface area (Å²) >= 11 is 1.72. The van der Waals surface area contributed by atoms with Gasteiger partial charge in [-0.3, -0.25) is 4.79 Å². The molecule has 5 heteroatoms. The molecular formula is C23H23N3OS. The molecule has 0 radical (unpaired) electrons. The monoisotopic (exact) mass is 389 g/mol. The molecule has 2 aromatic carbocycles. The van der Waals surface area contributed by atoms with Gasteiger partial charge in [0.05, 0.1) is 0 Å². The summed E-state index contributed by atoms with van der Waals surface area (Å²) in [6.45, 7) is 0.549. The number of nitrogens with one attached hydrogen (secondary N) is 2. The van der Waals surface area contributed by atoms with E-state index in [9.17, 15) is 4.79 Å². The van der Waals surface area contributed by atoms with Crippen LogP contribution < -0.4 is 10.2 Å². The minimum atomic E-state index is -0.0508. The van der Waals surface area contributed by atoms with Gasteiger partial charge in [-0.05, 0) is 41.3 Å². The number of fused-ring (bicyclic) bond motifs is 1. The van der Waals surface area contributed by atoms with Crippen molar-refractivity contribution in [2.24, 2.45) is 0 Å².